The third-order valence-corrected chi connectivity index (χ3v) is 1.19. The van der Waals surface area contributed by atoms with Gasteiger partial charge in [-0.1, -0.05) is 0 Å². The Kier molecular flexibility index (Phi) is 7.78. The van der Waals surface area contributed by atoms with Gasteiger partial charge in [-0.05, 0) is 0 Å². The van der Waals surface area contributed by atoms with Gasteiger partial charge in [-0.25, -0.2) is 12.2 Å². The van der Waals surface area contributed by atoms with Gasteiger partial charge in [0.2, 0.25) is 0 Å². The molecule has 1 radical (unpaired) electrons. The molecular formula is C11H10Mn. The number of hydrogen-bond donors (Lipinski definition) is 0. The van der Waals surface area contributed by atoms with E-state index < -0.39 is 0 Å². The molecule has 1 heteroatoms. The van der Waals surface area contributed by atoms with E-state index >= 15 is 0 Å². The topological polar surface area (TPSA) is 0 Å². The summed E-state index contributed by atoms with van der Waals surface area (Å²) in [5.74, 6) is 0. The minimum Gasteiger partial charge on any atom is -0.273 e. The molecule has 0 atom stereocenters. The van der Waals surface area contributed by atoms with Gasteiger partial charge in [-0.15, -0.1) is 6.42 Å². The predicted octanol–water partition coefficient (Wildman–Crippen LogP) is 2.79. The molecule has 61 valence electrons. The fourth-order valence-electron chi connectivity index (χ4n) is 0.682. The van der Waals surface area contributed by atoms with Crippen molar-refractivity contribution >= 4 is 0 Å². The summed E-state index contributed by atoms with van der Waals surface area (Å²) in [5.41, 5.74) is 0. The molecule has 0 unspecified atom stereocenters. The fraction of sp³-hybridized carbons (Fsp3) is 0.0909. The molecule has 2 rings (SSSR count). The molecular weight excluding hydrogens is 187 g/mol. The predicted molar refractivity (Wildman–Crippen MR) is 46.8 cm³/mol. The average Bonchev–Trinajstić information content (AvgIpc) is 2.64. The van der Waals surface area contributed by atoms with Gasteiger partial charge in [0.25, 0.3) is 0 Å². The Morgan fingerprint density at radius 3 is 1.92 bits per heavy atom. The summed E-state index contributed by atoms with van der Waals surface area (Å²) in [6.45, 7) is 0. The number of allylic oxidation sites excluding steroid dienone is 4. The van der Waals surface area contributed by atoms with E-state index in [2.05, 4.69) is 18.2 Å². The Hall–Kier alpha value is -0.781. The SMILES string of the molecule is [C-]1=CC=CC1.[Mn+2].[c-]1ccccc1. The van der Waals surface area contributed by atoms with Gasteiger partial charge in [-0.3, -0.25) is 6.08 Å². The Bertz CT molecular complexity index is 187. The van der Waals surface area contributed by atoms with Gasteiger partial charge in [0, 0.05) is 0 Å². The summed E-state index contributed by atoms with van der Waals surface area (Å²) >= 11 is 0. The van der Waals surface area contributed by atoms with E-state index in [0.717, 1.165) is 6.42 Å². The van der Waals surface area contributed by atoms with Gasteiger partial charge in [0.15, 0.2) is 0 Å². The van der Waals surface area contributed by atoms with Crippen LogP contribution >= 0.6 is 0 Å². The molecule has 0 saturated carbocycles. The number of hydrogen-bond acceptors (Lipinski definition) is 0. The number of rotatable bonds is 0. The van der Waals surface area contributed by atoms with E-state index in [1.54, 1.807) is 0 Å². The normalized spacial score (nSPS) is 11.3. The van der Waals surface area contributed by atoms with Gasteiger partial charge in [-0.2, -0.15) is 42.5 Å². The standard InChI is InChI=1S/C6H5.C5H5.Mn/c1-2-4-6-5-3-1;1-2-4-5-3-1;/h1-5H;1-3H,4H2;/q2*-1;+2. The maximum absolute atomic E-state index is 2.99. The summed E-state index contributed by atoms with van der Waals surface area (Å²) in [4.78, 5) is 0. The van der Waals surface area contributed by atoms with Crippen molar-refractivity contribution in [3.63, 3.8) is 0 Å². The molecule has 0 N–H and O–H groups in total. The Morgan fingerprint density at radius 2 is 1.75 bits per heavy atom. The maximum atomic E-state index is 2.99. The van der Waals surface area contributed by atoms with E-state index in [0.29, 0.717) is 0 Å². The second kappa shape index (κ2) is 8.32. The van der Waals surface area contributed by atoms with Crippen molar-refractivity contribution < 1.29 is 17.1 Å². The van der Waals surface area contributed by atoms with E-state index in [9.17, 15) is 0 Å². The molecule has 0 bridgehead atoms. The number of benzene rings is 1. The quantitative estimate of drug-likeness (QED) is 0.443. The molecule has 1 aromatic carbocycles. The third kappa shape index (κ3) is 5.96. The first-order valence-corrected chi connectivity index (χ1v) is 3.63. The minimum absolute atomic E-state index is 0. The molecule has 0 aromatic heterocycles. The summed E-state index contributed by atoms with van der Waals surface area (Å²) in [6.07, 6.45) is 10.0. The monoisotopic (exact) mass is 197 g/mol. The Labute approximate surface area is 84.5 Å². The van der Waals surface area contributed by atoms with Crippen molar-refractivity contribution in [3.8, 4) is 0 Å². The van der Waals surface area contributed by atoms with Crippen LogP contribution in [0, 0.1) is 12.1 Å². The molecule has 0 heterocycles. The fourth-order valence-corrected chi connectivity index (χ4v) is 0.682. The van der Waals surface area contributed by atoms with Crippen molar-refractivity contribution in [2.24, 2.45) is 0 Å². The maximum Gasteiger partial charge on any atom is 2.00 e. The Balaban J connectivity index is 0.000000189. The molecule has 1 aliphatic rings. The molecule has 0 nitrogen and oxygen atoms in total. The second-order valence-corrected chi connectivity index (χ2v) is 2.08. The van der Waals surface area contributed by atoms with Crippen LogP contribution in [0.3, 0.4) is 0 Å². The van der Waals surface area contributed by atoms with Crippen molar-refractivity contribution in [1.29, 1.82) is 0 Å². The van der Waals surface area contributed by atoms with E-state index in [1.807, 2.05) is 42.5 Å². The third-order valence-electron chi connectivity index (χ3n) is 1.19. The van der Waals surface area contributed by atoms with Crippen LogP contribution in [0.15, 0.2) is 48.6 Å². The van der Waals surface area contributed by atoms with Gasteiger partial charge < -0.3 is 0 Å². The molecule has 0 saturated heterocycles. The van der Waals surface area contributed by atoms with Crippen LogP contribution in [0.25, 0.3) is 0 Å². The Morgan fingerprint density at radius 1 is 1.00 bits per heavy atom. The van der Waals surface area contributed by atoms with Crippen LogP contribution in [0.2, 0.25) is 0 Å². The van der Waals surface area contributed by atoms with Crippen molar-refractivity contribution in [1.82, 2.24) is 0 Å². The molecule has 0 fully saturated rings. The van der Waals surface area contributed by atoms with Gasteiger partial charge in [0.1, 0.15) is 0 Å². The summed E-state index contributed by atoms with van der Waals surface area (Å²) < 4.78 is 0. The van der Waals surface area contributed by atoms with Crippen LogP contribution in [0.1, 0.15) is 6.42 Å². The van der Waals surface area contributed by atoms with E-state index in [4.69, 9.17) is 0 Å². The van der Waals surface area contributed by atoms with Crippen LogP contribution in [-0.2, 0) is 17.1 Å². The summed E-state index contributed by atoms with van der Waals surface area (Å²) in [5, 5.41) is 0. The smallest absolute Gasteiger partial charge is 0.273 e. The van der Waals surface area contributed by atoms with Crippen molar-refractivity contribution in [3.05, 3.63) is 60.7 Å². The second-order valence-electron chi connectivity index (χ2n) is 2.08. The first kappa shape index (κ1) is 11.2. The molecule has 0 amide bonds. The van der Waals surface area contributed by atoms with Crippen LogP contribution in [0.5, 0.6) is 0 Å². The van der Waals surface area contributed by atoms with Crippen LogP contribution in [0.4, 0.5) is 0 Å². The minimum atomic E-state index is 0. The van der Waals surface area contributed by atoms with Crippen LogP contribution in [-0.4, -0.2) is 0 Å². The van der Waals surface area contributed by atoms with Gasteiger partial charge >= 0.3 is 17.1 Å². The average molecular weight is 197 g/mol. The molecule has 0 spiro atoms. The molecule has 1 aliphatic carbocycles. The first-order chi connectivity index (χ1) is 5.50. The van der Waals surface area contributed by atoms with Crippen molar-refractivity contribution in [2.45, 2.75) is 6.42 Å². The van der Waals surface area contributed by atoms with E-state index in [1.165, 1.54) is 0 Å². The molecule has 12 heavy (non-hydrogen) atoms. The van der Waals surface area contributed by atoms with Crippen LogP contribution < -0.4 is 0 Å². The largest absolute Gasteiger partial charge is 2.00 e. The molecule has 0 aliphatic heterocycles. The van der Waals surface area contributed by atoms with Crippen molar-refractivity contribution in [2.75, 3.05) is 0 Å². The van der Waals surface area contributed by atoms with Gasteiger partial charge in [0.05, 0.1) is 0 Å². The van der Waals surface area contributed by atoms with E-state index in [-0.39, 0.29) is 17.1 Å². The zero-order valence-corrected chi connectivity index (χ0v) is 7.88. The summed E-state index contributed by atoms with van der Waals surface area (Å²) in [6, 6.07) is 12.5. The summed E-state index contributed by atoms with van der Waals surface area (Å²) in [7, 11) is 0. The zero-order chi connectivity index (χ0) is 7.78. The first-order valence-electron chi connectivity index (χ1n) is 3.63. The zero-order valence-electron chi connectivity index (χ0n) is 6.70. The molecule has 1 aromatic rings.